The van der Waals surface area contributed by atoms with Gasteiger partial charge >= 0.3 is 6.03 Å². The summed E-state index contributed by atoms with van der Waals surface area (Å²) in [5.74, 6) is 0.293. The zero-order valence-corrected chi connectivity index (χ0v) is 14.5. The van der Waals surface area contributed by atoms with Crippen molar-refractivity contribution in [3.05, 3.63) is 51.7 Å². The minimum Gasteiger partial charge on any atom is -0.396 e. The van der Waals surface area contributed by atoms with E-state index in [9.17, 15) is 9.90 Å². The molecule has 4 nitrogen and oxygen atoms in total. The number of nitrogens with one attached hydrogen (secondary N) is 2. The molecule has 0 radical (unpaired) electrons. The van der Waals surface area contributed by atoms with Crippen LogP contribution in [0.1, 0.15) is 34.8 Å². The van der Waals surface area contributed by atoms with E-state index in [1.807, 2.05) is 43.5 Å². The normalized spacial score (nSPS) is 12.0. The van der Waals surface area contributed by atoms with Gasteiger partial charge in [-0.3, -0.25) is 0 Å². The first-order chi connectivity index (χ1) is 11.1. The number of aliphatic hydroxyl groups excluding tert-OH is 1. The molecule has 0 bridgehead atoms. The number of anilines is 1. The molecule has 3 N–H and O–H groups in total. The predicted octanol–water partition coefficient (Wildman–Crippen LogP) is 4.04. The Labute approximate surface area is 141 Å². The van der Waals surface area contributed by atoms with Crippen LogP contribution < -0.4 is 10.6 Å². The van der Waals surface area contributed by atoms with Crippen LogP contribution in [-0.4, -0.2) is 24.3 Å². The number of amides is 2. The van der Waals surface area contributed by atoms with Gasteiger partial charge in [0.2, 0.25) is 0 Å². The van der Waals surface area contributed by atoms with Crippen LogP contribution in [0.2, 0.25) is 0 Å². The molecular weight excluding hydrogens is 308 g/mol. The summed E-state index contributed by atoms with van der Waals surface area (Å²) in [6.07, 6.45) is 1.54. The molecule has 0 spiro atoms. The monoisotopic (exact) mass is 332 g/mol. The van der Waals surface area contributed by atoms with Crippen LogP contribution in [0, 0.1) is 13.8 Å². The Bertz CT molecular complexity index is 626. The molecule has 2 aromatic rings. The summed E-state index contributed by atoms with van der Waals surface area (Å²) >= 11 is 1.70. The minimum atomic E-state index is -0.192. The molecule has 2 amide bonds. The van der Waals surface area contributed by atoms with Crippen molar-refractivity contribution in [2.45, 2.75) is 32.6 Å². The maximum atomic E-state index is 12.0. The van der Waals surface area contributed by atoms with Gasteiger partial charge in [-0.1, -0.05) is 12.1 Å². The summed E-state index contributed by atoms with van der Waals surface area (Å²) in [5, 5.41) is 17.0. The summed E-state index contributed by atoms with van der Waals surface area (Å²) in [5.41, 5.74) is 3.16. The maximum absolute atomic E-state index is 12.0. The Hall–Kier alpha value is -1.85. The quantitative estimate of drug-likeness (QED) is 0.716. The van der Waals surface area contributed by atoms with Gasteiger partial charge in [0.25, 0.3) is 0 Å². The van der Waals surface area contributed by atoms with Crippen molar-refractivity contribution >= 4 is 23.1 Å². The van der Waals surface area contributed by atoms with Gasteiger partial charge in [0.05, 0.1) is 0 Å². The van der Waals surface area contributed by atoms with E-state index >= 15 is 0 Å². The van der Waals surface area contributed by atoms with E-state index in [4.69, 9.17) is 0 Å². The number of rotatable bonds is 7. The molecule has 5 heteroatoms. The molecule has 0 saturated heterocycles. The van der Waals surface area contributed by atoms with Crippen molar-refractivity contribution in [2.75, 3.05) is 18.5 Å². The Morgan fingerprint density at radius 3 is 2.70 bits per heavy atom. The van der Waals surface area contributed by atoms with E-state index in [1.54, 1.807) is 11.3 Å². The Kier molecular flexibility index (Phi) is 6.62. The lowest BCUT2D eigenvalue weighted by molar-refractivity contribution is 0.250. The number of carbonyl (C=O) groups is 1. The average molecular weight is 332 g/mol. The van der Waals surface area contributed by atoms with Crippen molar-refractivity contribution in [1.29, 1.82) is 0 Å². The number of carbonyl (C=O) groups excluding carboxylic acids is 1. The topological polar surface area (TPSA) is 61.4 Å². The molecule has 1 aromatic heterocycles. The average Bonchev–Trinajstić information content (AvgIpc) is 3.04. The predicted molar refractivity (Wildman–Crippen MR) is 96.3 cm³/mol. The van der Waals surface area contributed by atoms with Crippen LogP contribution in [0.4, 0.5) is 10.5 Å². The van der Waals surface area contributed by atoms with Gasteiger partial charge in [-0.25, -0.2) is 4.79 Å². The SMILES string of the molecule is Cc1ccc(NC(=O)NCC[C@H](CCO)c2cccs2)cc1C. The van der Waals surface area contributed by atoms with E-state index < -0.39 is 0 Å². The molecule has 0 aliphatic rings. The Morgan fingerprint density at radius 1 is 1.22 bits per heavy atom. The van der Waals surface area contributed by atoms with Gasteiger partial charge in [0, 0.05) is 23.7 Å². The lowest BCUT2D eigenvalue weighted by atomic mass is 10.00. The lowest BCUT2D eigenvalue weighted by Gasteiger charge is -2.15. The van der Waals surface area contributed by atoms with Crippen molar-refractivity contribution in [3.63, 3.8) is 0 Å². The van der Waals surface area contributed by atoms with Crippen molar-refractivity contribution in [3.8, 4) is 0 Å². The highest BCUT2D eigenvalue weighted by Gasteiger charge is 2.12. The third kappa shape index (κ3) is 5.37. The molecular formula is C18H24N2O2S. The van der Waals surface area contributed by atoms with Gasteiger partial charge < -0.3 is 15.7 Å². The van der Waals surface area contributed by atoms with Crippen molar-refractivity contribution in [1.82, 2.24) is 5.32 Å². The van der Waals surface area contributed by atoms with Gasteiger partial charge in [-0.2, -0.15) is 0 Å². The van der Waals surface area contributed by atoms with Gasteiger partial charge in [0.1, 0.15) is 0 Å². The summed E-state index contributed by atoms with van der Waals surface area (Å²) in [6.45, 7) is 4.82. The Morgan fingerprint density at radius 2 is 2.04 bits per heavy atom. The third-order valence-electron chi connectivity index (χ3n) is 3.97. The van der Waals surface area contributed by atoms with E-state index in [2.05, 4.69) is 16.7 Å². The molecule has 2 rings (SSSR count). The fraction of sp³-hybridized carbons (Fsp3) is 0.389. The van der Waals surface area contributed by atoms with Gasteiger partial charge in [0.15, 0.2) is 0 Å². The van der Waals surface area contributed by atoms with Crippen LogP contribution >= 0.6 is 11.3 Å². The zero-order chi connectivity index (χ0) is 16.7. The van der Waals surface area contributed by atoms with E-state index in [1.165, 1.54) is 10.4 Å². The van der Waals surface area contributed by atoms with Crippen LogP contribution in [0.25, 0.3) is 0 Å². The number of hydrogen-bond donors (Lipinski definition) is 3. The molecule has 1 aromatic carbocycles. The van der Waals surface area contributed by atoms with E-state index in [0.717, 1.165) is 24.1 Å². The van der Waals surface area contributed by atoms with Crippen LogP contribution in [0.5, 0.6) is 0 Å². The van der Waals surface area contributed by atoms with Crippen molar-refractivity contribution < 1.29 is 9.90 Å². The number of thiophene rings is 1. The molecule has 23 heavy (non-hydrogen) atoms. The number of benzene rings is 1. The first-order valence-electron chi connectivity index (χ1n) is 7.86. The van der Waals surface area contributed by atoms with Gasteiger partial charge in [-0.05, 0) is 67.3 Å². The fourth-order valence-electron chi connectivity index (χ4n) is 2.46. The summed E-state index contributed by atoms with van der Waals surface area (Å²) in [4.78, 5) is 13.2. The molecule has 1 atom stereocenters. The smallest absolute Gasteiger partial charge is 0.319 e. The molecule has 1 heterocycles. The first-order valence-corrected chi connectivity index (χ1v) is 8.74. The zero-order valence-electron chi connectivity index (χ0n) is 13.6. The second kappa shape index (κ2) is 8.70. The lowest BCUT2D eigenvalue weighted by Crippen LogP contribution is -2.30. The maximum Gasteiger partial charge on any atom is 0.319 e. The molecule has 0 unspecified atom stereocenters. The van der Waals surface area contributed by atoms with Crippen LogP contribution in [0.15, 0.2) is 35.7 Å². The molecule has 0 aliphatic carbocycles. The highest BCUT2D eigenvalue weighted by atomic mass is 32.1. The number of aliphatic hydroxyl groups is 1. The largest absolute Gasteiger partial charge is 0.396 e. The Balaban J connectivity index is 1.80. The van der Waals surface area contributed by atoms with Gasteiger partial charge in [-0.15, -0.1) is 11.3 Å². The molecule has 124 valence electrons. The van der Waals surface area contributed by atoms with E-state index in [-0.39, 0.29) is 12.6 Å². The highest BCUT2D eigenvalue weighted by Crippen LogP contribution is 2.26. The van der Waals surface area contributed by atoms with Crippen molar-refractivity contribution in [2.24, 2.45) is 0 Å². The second-order valence-electron chi connectivity index (χ2n) is 5.69. The number of aryl methyl sites for hydroxylation is 2. The second-order valence-corrected chi connectivity index (χ2v) is 6.67. The summed E-state index contributed by atoms with van der Waals surface area (Å²) < 4.78 is 0. The summed E-state index contributed by atoms with van der Waals surface area (Å²) in [7, 11) is 0. The highest BCUT2D eigenvalue weighted by molar-refractivity contribution is 7.10. The standard InChI is InChI=1S/C18H24N2O2S/c1-13-5-6-16(12-14(13)2)20-18(22)19-9-7-15(8-10-21)17-4-3-11-23-17/h3-6,11-12,15,21H,7-10H2,1-2H3,(H2,19,20,22)/t15-/m1/s1. The summed E-state index contributed by atoms with van der Waals surface area (Å²) in [6, 6.07) is 9.78. The van der Waals surface area contributed by atoms with Crippen LogP contribution in [0.3, 0.4) is 0 Å². The molecule has 0 fully saturated rings. The molecule has 0 aliphatic heterocycles. The van der Waals surface area contributed by atoms with Crippen LogP contribution in [-0.2, 0) is 0 Å². The first kappa shape index (κ1) is 17.5. The fourth-order valence-corrected chi connectivity index (χ4v) is 3.36. The molecule has 0 saturated carbocycles. The number of hydrogen-bond acceptors (Lipinski definition) is 3. The third-order valence-corrected chi connectivity index (χ3v) is 5.00. The number of urea groups is 1. The minimum absolute atomic E-state index is 0.164. The van der Waals surface area contributed by atoms with E-state index in [0.29, 0.717) is 12.5 Å².